The highest BCUT2D eigenvalue weighted by molar-refractivity contribution is 7.98. The van der Waals surface area contributed by atoms with Crippen molar-refractivity contribution in [2.24, 2.45) is 5.10 Å². The molecule has 0 saturated heterocycles. The zero-order valence-electron chi connectivity index (χ0n) is 12.9. The van der Waals surface area contributed by atoms with E-state index in [1.807, 2.05) is 37.4 Å². The molecule has 6 heteroatoms. The lowest BCUT2D eigenvalue weighted by Crippen LogP contribution is -2.24. The van der Waals surface area contributed by atoms with Gasteiger partial charge in [0.15, 0.2) is 6.61 Å². The summed E-state index contributed by atoms with van der Waals surface area (Å²) < 4.78 is 5.39. The molecule has 0 saturated carbocycles. The Kier molecular flexibility index (Phi) is 6.50. The van der Waals surface area contributed by atoms with Gasteiger partial charge in [0.25, 0.3) is 5.91 Å². The van der Waals surface area contributed by atoms with E-state index in [1.165, 1.54) is 4.90 Å². The van der Waals surface area contributed by atoms with Crippen LogP contribution in [0.4, 0.5) is 0 Å². The molecule has 1 N–H and O–H groups in total. The quantitative estimate of drug-likeness (QED) is 0.489. The molecule has 1 amide bonds. The lowest BCUT2D eigenvalue weighted by Gasteiger charge is -2.06. The van der Waals surface area contributed by atoms with Crippen molar-refractivity contribution in [2.45, 2.75) is 11.8 Å². The molecule has 0 aliphatic carbocycles. The summed E-state index contributed by atoms with van der Waals surface area (Å²) in [7, 11) is 0. The second-order valence-corrected chi connectivity index (χ2v) is 6.05. The normalized spacial score (nSPS) is 10.7. The van der Waals surface area contributed by atoms with Crippen molar-refractivity contribution in [1.29, 1.82) is 0 Å². The van der Waals surface area contributed by atoms with Crippen LogP contribution in [0, 0.1) is 6.92 Å². The minimum Gasteiger partial charge on any atom is -0.484 e. The summed E-state index contributed by atoms with van der Waals surface area (Å²) in [6.45, 7) is 1.77. The fourth-order valence-electron chi connectivity index (χ4n) is 1.76. The van der Waals surface area contributed by atoms with Crippen LogP contribution in [0.3, 0.4) is 0 Å². The van der Waals surface area contributed by atoms with Crippen LogP contribution in [0.25, 0.3) is 0 Å². The molecule has 0 atom stereocenters. The summed E-state index contributed by atoms with van der Waals surface area (Å²) in [5.41, 5.74) is 4.24. The predicted molar refractivity (Wildman–Crippen MR) is 95.6 cm³/mol. The Hall–Kier alpha value is -1.98. The molecule has 120 valence electrons. The summed E-state index contributed by atoms with van der Waals surface area (Å²) in [6, 6.07) is 13.1. The van der Waals surface area contributed by atoms with E-state index in [9.17, 15) is 4.79 Å². The van der Waals surface area contributed by atoms with Crippen LogP contribution in [0.1, 0.15) is 11.1 Å². The van der Waals surface area contributed by atoms with Gasteiger partial charge in [-0.25, -0.2) is 5.43 Å². The Morgan fingerprint density at radius 3 is 2.70 bits per heavy atom. The van der Waals surface area contributed by atoms with Crippen molar-refractivity contribution in [1.82, 2.24) is 5.43 Å². The number of thioether (sulfide) groups is 1. The standard InChI is InChI=1S/C17H17ClN2O2S/c1-12-9-14(5-8-16(12)18)22-11-17(21)20-19-10-13-3-6-15(23-2)7-4-13/h3-10H,11H2,1-2H3,(H,20,21)/b19-10+. The molecule has 0 spiro atoms. The lowest BCUT2D eigenvalue weighted by molar-refractivity contribution is -0.123. The van der Waals surface area contributed by atoms with Crippen molar-refractivity contribution in [3.63, 3.8) is 0 Å². The highest BCUT2D eigenvalue weighted by atomic mass is 35.5. The van der Waals surface area contributed by atoms with Gasteiger partial charge in [-0.1, -0.05) is 23.7 Å². The van der Waals surface area contributed by atoms with E-state index in [-0.39, 0.29) is 12.5 Å². The Morgan fingerprint density at radius 2 is 2.04 bits per heavy atom. The van der Waals surface area contributed by atoms with Crippen LogP contribution >= 0.6 is 23.4 Å². The number of nitrogens with one attached hydrogen (secondary N) is 1. The summed E-state index contributed by atoms with van der Waals surface area (Å²) in [5, 5.41) is 4.57. The van der Waals surface area contributed by atoms with E-state index >= 15 is 0 Å². The van der Waals surface area contributed by atoms with Crippen LogP contribution in [-0.2, 0) is 4.79 Å². The SMILES string of the molecule is CSc1ccc(/C=N/NC(=O)COc2ccc(Cl)c(C)c2)cc1. The number of hydrogen-bond donors (Lipinski definition) is 1. The molecule has 4 nitrogen and oxygen atoms in total. The number of rotatable bonds is 6. The third-order valence-corrected chi connectivity index (χ3v) is 4.19. The monoisotopic (exact) mass is 348 g/mol. The lowest BCUT2D eigenvalue weighted by atomic mass is 10.2. The first-order valence-corrected chi connectivity index (χ1v) is 8.53. The van der Waals surface area contributed by atoms with E-state index in [0.29, 0.717) is 10.8 Å². The largest absolute Gasteiger partial charge is 0.484 e. The molecule has 2 aromatic carbocycles. The van der Waals surface area contributed by atoms with Gasteiger partial charge in [0.05, 0.1) is 6.21 Å². The first kappa shape index (κ1) is 17.4. The smallest absolute Gasteiger partial charge is 0.277 e. The molecule has 0 radical (unpaired) electrons. The molecular formula is C17H17ClN2O2S. The van der Waals surface area contributed by atoms with Crippen LogP contribution in [0.5, 0.6) is 5.75 Å². The first-order valence-electron chi connectivity index (χ1n) is 6.93. The van der Waals surface area contributed by atoms with E-state index in [0.717, 1.165) is 11.1 Å². The van der Waals surface area contributed by atoms with Gasteiger partial charge >= 0.3 is 0 Å². The van der Waals surface area contributed by atoms with E-state index in [2.05, 4.69) is 10.5 Å². The minimum atomic E-state index is -0.324. The third-order valence-electron chi connectivity index (χ3n) is 3.02. The molecule has 0 bridgehead atoms. The van der Waals surface area contributed by atoms with Gasteiger partial charge in [-0.2, -0.15) is 5.10 Å². The van der Waals surface area contributed by atoms with Gasteiger partial charge in [-0.05, 0) is 54.6 Å². The highest BCUT2D eigenvalue weighted by Crippen LogP contribution is 2.20. The Balaban J connectivity index is 1.79. The summed E-state index contributed by atoms with van der Waals surface area (Å²) in [5.74, 6) is 0.272. The van der Waals surface area contributed by atoms with Gasteiger partial charge in [0.2, 0.25) is 0 Å². The van der Waals surface area contributed by atoms with E-state index in [4.69, 9.17) is 16.3 Å². The number of aryl methyl sites for hydroxylation is 1. The molecule has 0 aromatic heterocycles. The average molecular weight is 349 g/mol. The van der Waals surface area contributed by atoms with Crippen molar-refractivity contribution >= 4 is 35.5 Å². The fourth-order valence-corrected chi connectivity index (χ4v) is 2.28. The number of carbonyl (C=O) groups is 1. The number of nitrogens with zero attached hydrogens (tertiary/aromatic N) is 1. The Bertz CT molecular complexity index is 702. The summed E-state index contributed by atoms with van der Waals surface area (Å²) in [4.78, 5) is 12.9. The number of benzene rings is 2. The van der Waals surface area contributed by atoms with Gasteiger partial charge in [0, 0.05) is 9.92 Å². The molecule has 0 heterocycles. The second-order valence-electron chi connectivity index (χ2n) is 4.77. The number of hydrazone groups is 1. The van der Waals surface area contributed by atoms with E-state index < -0.39 is 0 Å². The van der Waals surface area contributed by atoms with Crippen LogP contribution in [0.2, 0.25) is 5.02 Å². The zero-order chi connectivity index (χ0) is 16.7. The Labute approximate surface area is 144 Å². The van der Waals surface area contributed by atoms with Gasteiger partial charge < -0.3 is 4.74 Å². The predicted octanol–water partition coefficient (Wildman–Crippen LogP) is 3.90. The van der Waals surface area contributed by atoms with E-state index in [1.54, 1.807) is 36.2 Å². The minimum absolute atomic E-state index is 0.107. The van der Waals surface area contributed by atoms with Crippen LogP contribution in [-0.4, -0.2) is 25.0 Å². The number of ether oxygens (including phenoxy) is 1. The maximum Gasteiger partial charge on any atom is 0.277 e. The van der Waals surface area contributed by atoms with Crippen molar-refractivity contribution < 1.29 is 9.53 Å². The van der Waals surface area contributed by atoms with Crippen molar-refractivity contribution in [2.75, 3.05) is 12.9 Å². The molecule has 2 rings (SSSR count). The molecule has 0 aliphatic rings. The van der Waals surface area contributed by atoms with Gasteiger partial charge in [-0.15, -0.1) is 11.8 Å². The molecule has 23 heavy (non-hydrogen) atoms. The van der Waals surface area contributed by atoms with Crippen LogP contribution in [0.15, 0.2) is 52.5 Å². The first-order chi connectivity index (χ1) is 11.1. The van der Waals surface area contributed by atoms with Crippen LogP contribution < -0.4 is 10.2 Å². The highest BCUT2D eigenvalue weighted by Gasteiger charge is 2.03. The zero-order valence-corrected chi connectivity index (χ0v) is 14.4. The molecule has 0 unspecified atom stereocenters. The number of hydrogen-bond acceptors (Lipinski definition) is 4. The van der Waals surface area contributed by atoms with Gasteiger partial charge in [-0.3, -0.25) is 4.79 Å². The molecule has 2 aromatic rings. The van der Waals surface area contributed by atoms with Crippen molar-refractivity contribution in [3.8, 4) is 5.75 Å². The van der Waals surface area contributed by atoms with Gasteiger partial charge in [0.1, 0.15) is 5.75 Å². The average Bonchev–Trinajstić information content (AvgIpc) is 2.56. The maximum absolute atomic E-state index is 11.7. The number of carbonyl (C=O) groups excluding carboxylic acids is 1. The topological polar surface area (TPSA) is 50.7 Å². The Morgan fingerprint density at radius 1 is 1.30 bits per heavy atom. The number of halogens is 1. The summed E-state index contributed by atoms with van der Waals surface area (Å²) in [6.07, 6.45) is 3.61. The van der Waals surface area contributed by atoms with Crippen molar-refractivity contribution in [3.05, 3.63) is 58.6 Å². The molecule has 0 fully saturated rings. The molecule has 0 aliphatic heterocycles. The maximum atomic E-state index is 11.7. The third kappa shape index (κ3) is 5.62. The second kappa shape index (κ2) is 8.60. The summed E-state index contributed by atoms with van der Waals surface area (Å²) >= 11 is 7.61. The fraction of sp³-hybridized carbons (Fsp3) is 0.176. The molecular weight excluding hydrogens is 332 g/mol. The number of amides is 1.